The van der Waals surface area contributed by atoms with Gasteiger partial charge in [-0.3, -0.25) is 0 Å². The largest absolute Gasteiger partial charge is 0.462 e. The van der Waals surface area contributed by atoms with Crippen molar-refractivity contribution >= 4 is 28.9 Å². The quantitative estimate of drug-likeness (QED) is 0.653. The maximum atomic E-state index is 11.9. The summed E-state index contributed by atoms with van der Waals surface area (Å²) >= 11 is 5.95. The lowest BCUT2D eigenvalue weighted by atomic mass is 10.1. The minimum Gasteiger partial charge on any atom is -0.462 e. The first-order valence-corrected chi connectivity index (χ1v) is 7.03. The highest BCUT2D eigenvalue weighted by molar-refractivity contribution is 6.30. The first kappa shape index (κ1) is 15.2. The van der Waals surface area contributed by atoms with Gasteiger partial charge < -0.3 is 15.8 Å². The molecule has 0 saturated carbocycles. The Hall–Kier alpha value is -2.20. The van der Waals surface area contributed by atoms with Gasteiger partial charge in [0.15, 0.2) is 0 Å². The minimum atomic E-state index is -0.390. The topological polar surface area (TPSA) is 64.3 Å². The molecule has 5 heteroatoms. The number of anilines is 2. The van der Waals surface area contributed by atoms with Crippen molar-refractivity contribution in [2.24, 2.45) is 0 Å². The van der Waals surface area contributed by atoms with Gasteiger partial charge in [-0.15, -0.1) is 0 Å². The molecular formula is C16H17ClN2O2. The van der Waals surface area contributed by atoms with E-state index in [0.29, 0.717) is 35.1 Å². The molecule has 0 bridgehead atoms. The predicted molar refractivity (Wildman–Crippen MR) is 85.6 cm³/mol. The lowest BCUT2D eigenvalue weighted by Gasteiger charge is -2.12. The molecule has 0 heterocycles. The Bertz CT molecular complexity index is 644. The van der Waals surface area contributed by atoms with Crippen LogP contribution < -0.4 is 11.1 Å². The van der Waals surface area contributed by atoms with Gasteiger partial charge in [-0.1, -0.05) is 23.7 Å². The standard InChI is InChI=1S/C16H17ClN2O2/c1-2-21-16(20)14-9-13(18)6-7-15(14)19-10-11-4-3-5-12(17)8-11/h3-9,19H,2,10,18H2,1H3. The van der Waals surface area contributed by atoms with Crippen LogP contribution in [0.3, 0.4) is 0 Å². The number of carbonyl (C=O) groups is 1. The minimum absolute atomic E-state index is 0.321. The first-order valence-electron chi connectivity index (χ1n) is 6.65. The summed E-state index contributed by atoms with van der Waals surface area (Å²) in [5.74, 6) is -0.390. The summed E-state index contributed by atoms with van der Waals surface area (Å²) in [7, 11) is 0. The molecule has 0 fully saturated rings. The smallest absolute Gasteiger partial charge is 0.340 e. The highest BCUT2D eigenvalue weighted by Crippen LogP contribution is 2.21. The molecule has 0 radical (unpaired) electrons. The Balaban J connectivity index is 2.17. The molecule has 2 aromatic carbocycles. The van der Waals surface area contributed by atoms with E-state index in [0.717, 1.165) is 5.56 Å². The van der Waals surface area contributed by atoms with E-state index < -0.39 is 5.97 Å². The molecule has 0 aromatic heterocycles. The second-order valence-electron chi connectivity index (χ2n) is 4.51. The second kappa shape index (κ2) is 6.99. The molecule has 2 aromatic rings. The third-order valence-electron chi connectivity index (χ3n) is 2.91. The van der Waals surface area contributed by atoms with Gasteiger partial charge >= 0.3 is 5.97 Å². The summed E-state index contributed by atoms with van der Waals surface area (Å²) in [6.45, 7) is 2.64. The van der Waals surface area contributed by atoms with E-state index in [4.69, 9.17) is 22.1 Å². The van der Waals surface area contributed by atoms with E-state index in [2.05, 4.69) is 5.32 Å². The van der Waals surface area contributed by atoms with Crippen molar-refractivity contribution in [2.45, 2.75) is 13.5 Å². The molecule has 0 unspecified atom stereocenters. The van der Waals surface area contributed by atoms with Crippen LogP contribution in [0.5, 0.6) is 0 Å². The summed E-state index contributed by atoms with van der Waals surface area (Å²) < 4.78 is 5.04. The fourth-order valence-corrected chi connectivity index (χ4v) is 2.15. The number of carbonyl (C=O) groups excluding carboxylic acids is 1. The molecule has 4 nitrogen and oxygen atoms in total. The van der Waals surface area contributed by atoms with Crippen molar-refractivity contribution in [3.63, 3.8) is 0 Å². The van der Waals surface area contributed by atoms with E-state index in [9.17, 15) is 4.79 Å². The number of ether oxygens (including phenoxy) is 1. The van der Waals surface area contributed by atoms with E-state index in [1.54, 1.807) is 25.1 Å². The molecule has 0 aliphatic heterocycles. The Morgan fingerprint density at radius 3 is 2.81 bits per heavy atom. The molecule has 3 N–H and O–H groups in total. The van der Waals surface area contributed by atoms with Gasteiger partial charge in [0, 0.05) is 22.9 Å². The van der Waals surface area contributed by atoms with Crippen LogP contribution in [-0.4, -0.2) is 12.6 Å². The number of nitrogens with two attached hydrogens (primary N) is 1. The van der Waals surface area contributed by atoms with Crippen molar-refractivity contribution < 1.29 is 9.53 Å². The average Bonchev–Trinajstić information content (AvgIpc) is 2.46. The van der Waals surface area contributed by atoms with Crippen LogP contribution >= 0.6 is 11.6 Å². The average molecular weight is 305 g/mol. The maximum Gasteiger partial charge on any atom is 0.340 e. The van der Waals surface area contributed by atoms with E-state index in [1.165, 1.54) is 0 Å². The van der Waals surface area contributed by atoms with Crippen LogP contribution in [0.2, 0.25) is 5.02 Å². The van der Waals surface area contributed by atoms with E-state index in [-0.39, 0.29) is 0 Å². The first-order chi connectivity index (χ1) is 10.1. The molecule has 0 atom stereocenters. The molecule has 0 saturated heterocycles. The number of rotatable bonds is 5. The Kier molecular flexibility index (Phi) is 5.06. The summed E-state index contributed by atoms with van der Waals surface area (Å²) in [5.41, 5.74) is 8.39. The zero-order valence-electron chi connectivity index (χ0n) is 11.7. The third-order valence-corrected chi connectivity index (χ3v) is 3.15. The monoisotopic (exact) mass is 304 g/mol. The number of nitrogen functional groups attached to an aromatic ring is 1. The van der Waals surface area contributed by atoms with Crippen LogP contribution in [0, 0.1) is 0 Å². The van der Waals surface area contributed by atoms with Gasteiger partial charge in [0.1, 0.15) is 0 Å². The summed E-state index contributed by atoms with van der Waals surface area (Å²) in [6.07, 6.45) is 0. The van der Waals surface area contributed by atoms with Crippen LogP contribution in [0.4, 0.5) is 11.4 Å². The van der Waals surface area contributed by atoms with Gasteiger partial charge in [-0.05, 0) is 42.8 Å². The number of nitrogens with one attached hydrogen (secondary N) is 1. The summed E-state index contributed by atoms with van der Waals surface area (Å²) in [5, 5.41) is 3.89. The van der Waals surface area contributed by atoms with Crippen LogP contribution in [0.1, 0.15) is 22.8 Å². The Morgan fingerprint density at radius 1 is 1.29 bits per heavy atom. The van der Waals surface area contributed by atoms with E-state index >= 15 is 0 Å². The van der Waals surface area contributed by atoms with Gasteiger partial charge in [0.2, 0.25) is 0 Å². The maximum absolute atomic E-state index is 11.9. The lowest BCUT2D eigenvalue weighted by Crippen LogP contribution is -2.10. The number of esters is 1. The molecule has 0 amide bonds. The van der Waals surface area contributed by atoms with Crippen LogP contribution in [-0.2, 0) is 11.3 Å². The summed E-state index contributed by atoms with van der Waals surface area (Å²) in [4.78, 5) is 11.9. The van der Waals surface area contributed by atoms with Gasteiger partial charge in [-0.2, -0.15) is 0 Å². The van der Waals surface area contributed by atoms with Crippen molar-refractivity contribution in [1.29, 1.82) is 0 Å². The number of halogens is 1. The number of hydrogen-bond donors (Lipinski definition) is 2. The molecular weight excluding hydrogens is 288 g/mol. The molecule has 0 aliphatic carbocycles. The molecule has 21 heavy (non-hydrogen) atoms. The van der Waals surface area contributed by atoms with Crippen LogP contribution in [0.15, 0.2) is 42.5 Å². The van der Waals surface area contributed by atoms with Crippen molar-refractivity contribution in [2.75, 3.05) is 17.7 Å². The highest BCUT2D eigenvalue weighted by atomic mass is 35.5. The third kappa shape index (κ3) is 4.13. The molecule has 0 aliphatic rings. The predicted octanol–water partition coefficient (Wildman–Crippen LogP) is 3.71. The van der Waals surface area contributed by atoms with Gasteiger partial charge in [0.25, 0.3) is 0 Å². The molecule has 0 spiro atoms. The van der Waals surface area contributed by atoms with Crippen molar-refractivity contribution in [1.82, 2.24) is 0 Å². The lowest BCUT2D eigenvalue weighted by molar-refractivity contribution is 0.0527. The zero-order valence-corrected chi connectivity index (χ0v) is 12.5. The molecule has 110 valence electrons. The number of hydrogen-bond acceptors (Lipinski definition) is 4. The van der Waals surface area contributed by atoms with Gasteiger partial charge in [-0.25, -0.2) is 4.79 Å². The highest BCUT2D eigenvalue weighted by Gasteiger charge is 2.12. The second-order valence-corrected chi connectivity index (χ2v) is 4.95. The number of benzene rings is 2. The molecule has 2 rings (SSSR count). The van der Waals surface area contributed by atoms with Crippen molar-refractivity contribution in [3.8, 4) is 0 Å². The fraction of sp³-hybridized carbons (Fsp3) is 0.188. The Morgan fingerprint density at radius 2 is 2.10 bits per heavy atom. The van der Waals surface area contributed by atoms with Crippen LogP contribution in [0.25, 0.3) is 0 Å². The fourth-order valence-electron chi connectivity index (χ4n) is 1.94. The normalized spacial score (nSPS) is 10.2. The zero-order chi connectivity index (χ0) is 15.2. The van der Waals surface area contributed by atoms with Crippen molar-refractivity contribution in [3.05, 3.63) is 58.6 Å². The van der Waals surface area contributed by atoms with E-state index in [1.807, 2.05) is 24.3 Å². The summed E-state index contributed by atoms with van der Waals surface area (Å²) in [6, 6.07) is 12.6. The van der Waals surface area contributed by atoms with Gasteiger partial charge in [0.05, 0.1) is 12.2 Å². The Labute approximate surface area is 128 Å². The SMILES string of the molecule is CCOC(=O)c1cc(N)ccc1NCc1cccc(Cl)c1.